The van der Waals surface area contributed by atoms with Gasteiger partial charge in [-0.3, -0.25) is 14.4 Å². The molecule has 0 radical (unpaired) electrons. The SMILES string of the molecule is Cc1cccc(C(=O)N[C@H](C(=O)OCC(=O)c2ccc(N3CCCC3=O)cc2)C(C)C)c1. The molecule has 2 aromatic carbocycles. The maximum absolute atomic E-state index is 12.6. The largest absolute Gasteiger partial charge is 0.456 e. The number of hydrogen-bond acceptors (Lipinski definition) is 5. The Morgan fingerprint density at radius 2 is 1.78 bits per heavy atom. The maximum atomic E-state index is 12.6. The first-order valence-electron chi connectivity index (χ1n) is 10.7. The molecular formula is C25H28N2O5. The second kappa shape index (κ2) is 10.2. The van der Waals surface area contributed by atoms with E-state index in [1.54, 1.807) is 61.2 Å². The summed E-state index contributed by atoms with van der Waals surface area (Å²) < 4.78 is 5.22. The van der Waals surface area contributed by atoms with Crippen molar-refractivity contribution in [2.45, 2.75) is 39.7 Å². The number of rotatable bonds is 8. The second-order valence-electron chi connectivity index (χ2n) is 8.29. The van der Waals surface area contributed by atoms with Gasteiger partial charge < -0.3 is 15.0 Å². The first-order chi connectivity index (χ1) is 15.3. The first-order valence-corrected chi connectivity index (χ1v) is 10.7. The van der Waals surface area contributed by atoms with E-state index in [2.05, 4.69) is 5.32 Å². The van der Waals surface area contributed by atoms with Gasteiger partial charge >= 0.3 is 5.97 Å². The molecule has 0 aromatic heterocycles. The molecule has 168 valence electrons. The Labute approximate surface area is 187 Å². The van der Waals surface area contributed by atoms with Crippen LogP contribution < -0.4 is 10.2 Å². The molecule has 1 fully saturated rings. The summed E-state index contributed by atoms with van der Waals surface area (Å²) in [5.74, 6) is -1.53. The van der Waals surface area contributed by atoms with E-state index in [0.717, 1.165) is 17.7 Å². The van der Waals surface area contributed by atoms with E-state index in [1.807, 2.05) is 13.0 Å². The second-order valence-corrected chi connectivity index (χ2v) is 8.29. The minimum atomic E-state index is -0.876. The Balaban J connectivity index is 1.58. The van der Waals surface area contributed by atoms with Crippen molar-refractivity contribution in [3.8, 4) is 0 Å². The standard InChI is InChI=1S/C25H28N2O5/c1-16(2)23(26-24(30)19-7-4-6-17(3)14-19)25(31)32-15-21(28)18-9-11-20(12-10-18)27-13-5-8-22(27)29/h4,6-7,9-12,14,16,23H,5,8,13,15H2,1-3H3,(H,26,30)/t23-/m0/s1. The molecule has 7 nitrogen and oxygen atoms in total. The van der Waals surface area contributed by atoms with Gasteiger partial charge in [-0.25, -0.2) is 4.79 Å². The van der Waals surface area contributed by atoms with Gasteiger partial charge in [0.25, 0.3) is 5.91 Å². The summed E-state index contributed by atoms with van der Waals surface area (Å²) in [5.41, 5.74) is 2.53. The summed E-state index contributed by atoms with van der Waals surface area (Å²) in [5, 5.41) is 2.70. The minimum Gasteiger partial charge on any atom is -0.456 e. The number of anilines is 1. The van der Waals surface area contributed by atoms with Crippen molar-refractivity contribution in [1.82, 2.24) is 5.32 Å². The van der Waals surface area contributed by atoms with E-state index in [0.29, 0.717) is 24.1 Å². The van der Waals surface area contributed by atoms with Crippen LogP contribution >= 0.6 is 0 Å². The predicted molar refractivity (Wildman–Crippen MR) is 121 cm³/mol. The van der Waals surface area contributed by atoms with Crippen LogP contribution in [0.4, 0.5) is 5.69 Å². The molecule has 2 aromatic rings. The zero-order chi connectivity index (χ0) is 23.3. The van der Waals surface area contributed by atoms with Gasteiger partial charge in [0.1, 0.15) is 6.04 Å². The molecule has 1 aliphatic heterocycles. The number of nitrogens with zero attached hydrogens (tertiary/aromatic N) is 1. The van der Waals surface area contributed by atoms with E-state index >= 15 is 0 Å². The summed E-state index contributed by atoms with van der Waals surface area (Å²) in [6.07, 6.45) is 1.36. The van der Waals surface area contributed by atoms with E-state index in [9.17, 15) is 19.2 Å². The number of aryl methyl sites for hydroxylation is 1. The van der Waals surface area contributed by atoms with Gasteiger partial charge in [-0.1, -0.05) is 31.5 Å². The molecule has 0 unspecified atom stereocenters. The number of amides is 2. The molecule has 0 saturated carbocycles. The molecule has 1 heterocycles. The smallest absolute Gasteiger partial charge is 0.329 e. The fourth-order valence-corrected chi connectivity index (χ4v) is 3.57. The van der Waals surface area contributed by atoms with Crippen LogP contribution in [-0.4, -0.2) is 42.8 Å². The van der Waals surface area contributed by atoms with Gasteiger partial charge in [0.2, 0.25) is 5.91 Å². The van der Waals surface area contributed by atoms with Crippen molar-refractivity contribution in [3.63, 3.8) is 0 Å². The molecule has 1 saturated heterocycles. The summed E-state index contributed by atoms with van der Waals surface area (Å²) in [7, 11) is 0. The number of carbonyl (C=O) groups is 4. The molecule has 1 aliphatic rings. The number of Topliss-reactive ketones (excluding diaryl/α,β-unsaturated/α-hetero) is 1. The molecular weight excluding hydrogens is 408 g/mol. The first kappa shape index (κ1) is 23.2. The Hall–Kier alpha value is -3.48. The lowest BCUT2D eigenvalue weighted by Gasteiger charge is -2.21. The van der Waals surface area contributed by atoms with Crippen LogP contribution in [0.15, 0.2) is 48.5 Å². The molecule has 2 amide bonds. The molecule has 0 bridgehead atoms. The monoisotopic (exact) mass is 436 g/mol. The summed E-state index contributed by atoms with van der Waals surface area (Å²) in [6.45, 7) is 5.72. The van der Waals surface area contributed by atoms with Crippen LogP contribution in [0.2, 0.25) is 0 Å². The highest BCUT2D eigenvalue weighted by Crippen LogP contribution is 2.21. The van der Waals surface area contributed by atoms with E-state index in [-0.39, 0.29) is 23.5 Å². The molecule has 0 aliphatic carbocycles. The van der Waals surface area contributed by atoms with Crippen molar-refractivity contribution in [3.05, 3.63) is 65.2 Å². The number of ketones is 1. The molecule has 32 heavy (non-hydrogen) atoms. The fourth-order valence-electron chi connectivity index (χ4n) is 3.57. The number of hydrogen-bond donors (Lipinski definition) is 1. The van der Waals surface area contributed by atoms with Crippen LogP contribution in [-0.2, 0) is 14.3 Å². The number of esters is 1. The average molecular weight is 437 g/mol. The third-order valence-corrected chi connectivity index (χ3v) is 5.41. The van der Waals surface area contributed by atoms with Crippen molar-refractivity contribution in [1.29, 1.82) is 0 Å². The highest BCUT2D eigenvalue weighted by molar-refractivity contribution is 6.00. The minimum absolute atomic E-state index is 0.0745. The molecule has 3 rings (SSSR count). The van der Waals surface area contributed by atoms with Crippen LogP contribution in [0.25, 0.3) is 0 Å². The maximum Gasteiger partial charge on any atom is 0.329 e. The van der Waals surface area contributed by atoms with Gasteiger partial charge in [-0.15, -0.1) is 0 Å². The summed E-state index contributed by atoms with van der Waals surface area (Å²) in [6, 6.07) is 12.9. The van der Waals surface area contributed by atoms with Gasteiger partial charge in [0, 0.05) is 29.8 Å². The van der Waals surface area contributed by atoms with Crippen molar-refractivity contribution in [2.75, 3.05) is 18.1 Å². The van der Waals surface area contributed by atoms with Crippen molar-refractivity contribution < 1.29 is 23.9 Å². The predicted octanol–water partition coefficient (Wildman–Crippen LogP) is 3.30. The lowest BCUT2D eigenvalue weighted by atomic mass is 10.0. The van der Waals surface area contributed by atoms with Crippen LogP contribution in [0.3, 0.4) is 0 Å². The normalized spacial score (nSPS) is 14.4. The number of carbonyl (C=O) groups excluding carboxylic acids is 4. The quantitative estimate of drug-likeness (QED) is 0.506. The van der Waals surface area contributed by atoms with Gasteiger partial charge in [-0.2, -0.15) is 0 Å². The zero-order valence-electron chi connectivity index (χ0n) is 18.6. The van der Waals surface area contributed by atoms with Gasteiger partial charge in [0.15, 0.2) is 12.4 Å². The highest BCUT2D eigenvalue weighted by atomic mass is 16.5. The Kier molecular flexibility index (Phi) is 7.41. The summed E-state index contributed by atoms with van der Waals surface area (Å²) >= 11 is 0. The van der Waals surface area contributed by atoms with Crippen LogP contribution in [0.1, 0.15) is 53.0 Å². The molecule has 1 N–H and O–H groups in total. The molecule has 1 atom stereocenters. The lowest BCUT2D eigenvalue weighted by molar-refractivity contribution is -0.146. The fraction of sp³-hybridized carbons (Fsp3) is 0.360. The van der Waals surface area contributed by atoms with Crippen molar-refractivity contribution in [2.24, 2.45) is 5.92 Å². The van der Waals surface area contributed by atoms with E-state index in [1.165, 1.54) is 0 Å². The third-order valence-electron chi connectivity index (χ3n) is 5.41. The van der Waals surface area contributed by atoms with Gasteiger partial charge in [0.05, 0.1) is 0 Å². The van der Waals surface area contributed by atoms with E-state index < -0.39 is 18.6 Å². The Morgan fingerprint density at radius 1 is 1.06 bits per heavy atom. The highest BCUT2D eigenvalue weighted by Gasteiger charge is 2.27. The van der Waals surface area contributed by atoms with Crippen LogP contribution in [0, 0.1) is 12.8 Å². The number of benzene rings is 2. The van der Waals surface area contributed by atoms with Gasteiger partial charge in [-0.05, 0) is 55.7 Å². The van der Waals surface area contributed by atoms with Crippen LogP contribution in [0.5, 0.6) is 0 Å². The number of nitrogens with one attached hydrogen (secondary N) is 1. The zero-order valence-corrected chi connectivity index (χ0v) is 18.6. The Bertz CT molecular complexity index is 1010. The van der Waals surface area contributed by atoms with E-state index in [4.69, 9.17) is 4.74 Å². The molecule has 7 heteroatoms. The van der Waals surface area contributed by atoms with Crippen molar-refractivity contribution >= 4 is 29.3 Å². The Morgan fingerprint density at radius 3 is 2.38 bits per heavy atom. The topological polar surface area (TPSA) is 92.8 Å². The molecule has 0 spiro atoms. The average Bonchev–Trinajstić information content (AvgIpc) is 3.21. The third kappa shape index (κ3) is 5.60. The lowest BCUT2D eigenvalue weighted by Crippen LogP contribution is -2.45. The summed E-state index contributed by atoms with van der Waals surface area (Å²) in [4.78, 5) is 51.1. The number of ether oxygens (including phenoxy) is 1.